The van der Waals surface area contributed by atoms with Gasteiger partial charge in [0.05, 0.1) is 18.8 Å². The Hall–Kier alpha value is -0.613. The van der Waals surface area contributed by atoms with Crippen molar-refractivity contribution in [2.75, 3.05) is 34.4 Å². The van der Waals surface area contributed by atoms with Gasteiger partial charge in [0.1, 0.15) is 24.8 Å². The number of hydrogen-bond acceptors (Lipinski definition) is 7. The van der Waals surface area contributed by atoms with Gasteiger partial charge in [0, 0.05) is 26.1 Å². The highest BCUT2D eigenvalue weighted by atomic mass is 28.4. The molecule has 0 spiro atoms. The molecule has 1 saturated heterocycles. The Balaban J connectivity index is 1.59. The summed E-state index contributed by atoms with van der Waals surface area (Å²) in [5.74, 6) is 0.289. The first-order valence-electron chi connectivity index (χ1n) is 14.2. The topological polar surface area (TPSA) is 75.8 Å². The minimum Gasteiger partial charge on any atom is -0.414 e. The van der Waals surface area contributed by atoms with Gasteiger partial charge in [-0.25, -0.2) is 0 Å². The number of ether oxygens (including phenoxy) is 5. The molecule has 37 heavy (non-hydrogen) atoms. The first-order chi connectivity index (χ1) is 17.4. The zero-order valence-corrected chi connectivity index (χ0v) is 25.5. The summed E-state index contributed by atoms with van der Waals surface area (Å²) in [6.07, 6.45) is 7.91. The molecular weight excluding hydrogens is 488 g/mol. The molecule has 5 atom stereocenters. The van der Waals surface area contributed by atoms with Crippen LogP contribution >= 0.6 is 0 Å². The van der Waals surface area contributed by atoms with Gasteiger partial charge in [-0.2, -0.15) is 0 Å². The summed E-state index contributed by atoms with van der Waals surface area (Å²) in [5.41, 5.74) is 1.20. The van der Waals surface area contributed by atoms with E-state index in [1.807, 2.05) is 0 Å². The molecule has 0 radical (unpaired) electrons. The van der Waals surface area contributed by atoms with Gasteiger partial charge in [0.15, 0.2) is 14.1 Å². The quantitative estimate of drug-likeness (QED) is 0.173. The van der Waals surface area contributed by atoms with Gasteiger partial charge in [-0.3, -0.25) is 4.79 Å². The van der Waals surface area contributed by atoms with Crippen LogP contribution in [0.3, 0.4) is 0 Å². The first kappa shape index (κ1) is 29.4. The minimum absolute atomic E-state index is 0.0967. The fourth-order valence-electron chi connectivity index (χ4n) is 6.84. The van der Waals surface area contributed by atoms with Gasteiger partial charge in [0.25, 0.3) is 0 Å². The van der Waals surface area contributed by atoms with Crippen molar-refractivity contribution >= 4 is 14.1 Å². The standard InChI is InChI=1S/C29H50O7Si/c1-26(2,3)37(7,8)35-18-29-25(36-29)10-9-15-28(29,34-20-32-6)17-13-21-22-11-12-24(33-19-31-5)27(22,4)16-14-23(21)30/h24-25H,9-20H2,1-8H3/t24-,25-,27-,28-,29-/m0/s1. The van der Waals surface area contributed by atoms with E-state index < -0.39 is 19.5 Å². The van der Waals surface area contributed by atoms with Crippen molar-refractivity contribution in [1.29, 1.82) is 0 Å². The SMILES string of the molecule is COCO[C@H]1CCC2=C(CC[C@@]3(OCOC)CCC[C@@H]4O[C@@]43CO[Si](C)(C)C(C)(C)C)C(=O)CC[C@@]21C. The van der Waals surface area contributed by atoms with E-state index in [9.17, 15) is 4.79 Å². The lowest BCUT2D eigenvalue weighted by molar-refractivity contribution is -0.179. The number of hydrogen-bond donors (Lipinski definition) is 0. The van der Waals surface area contributed by atoms with Crippen molar-refractivity contribution < 1.29 is 32.9 Å². The highest BCUT2D eigenvalue weighted by molar-refractivity contribution is 6.74. The maximum Gasteiger partial charge on any atom is 0.192 e. The average Bonchev–Trinajstić information content (AvgIpc) is 3.49. The van der Waals surface area contributed by atoms with E-state index in [0.29, 0.717) is 26.2 Å². The lowest BCUT2D eigenvalue weighted by Gasteiger charge is -2.45. The van der Waals surface area contributed by atoms with Crippen LogP contribution < -0.4 is 0 Å². The normalized spacial score (nSPS) is 36.1. The predicted octanol–water partition coefficient (Wildman–Crippen LogP) is 5.92. The molecule has 212 valence electrons. The first-order valence-corrected chi connectivity index (χ1v) is 17.1. The lowest BCUT2D eigenvalue weighted by atomic mass is 9.68. The Morgan fingerprint density at radius 1 is 1.05 bits per heavy atom. The molecule has 0 aromatic heterocycles. The number of Topliss-reactive ketones (excluding diaryl/α,β-unsaturated/α-hetero) is 1. The molecule has 1 heterocycles. The van der Waals surface area contributed by atoms with E-state index in [1.54, 1.807) is 14.2 Å². The van der Waals surface area contributed by atoms with Crippen molar-refractivity contribution in [3.05, 3.63) is 11.1 Å². The second-order valence-electron chi connectivity index (χ2n) is 13.4. The fraction of sp³-hybridized carbons (Fsp3) is 0.897. The van der Waals surface area contributed by atoms with Crippen LogP contribution in [0.5, 0.6) is 0 Å². The molecule has 3 fully saturated rings. The Kier molecular flexibility index (Phi) is 8.53. The Labute approximate surface area is 225 Å². The molecule has 3 aliphatic carbocycles. The highest BCUT2D eigenvalue weighted by Crippen LogP contribution is 2.59. The smallest absolute Gasteiger partial charge is 0.192 e. The van der Waals surface area contributed by atoms with Crippen LogP contribution in [0.2, 0.25) is 18.1 Å². The molecule has 1 aliphatic heterocycles. The molecule has 7 nitrogen and oxygen atoms in total. The van der Waals surface area contributed by atoms with Gasteiger partial charge >= 0.3 is 0 Å². The van der Waals surface area contributed by atoms with E-state index in [-0.39, 0.29) is 35.2 Å². The summed E-state index contributed by atoms with van der Waals surface area (Å²) in [5, 5.41) is 0.119. The highest BCUT2D eigenvalue weighted by Gasteiger charge is 2.71. The molecular formula is C29H50O7Si. The number of allylic oxidation sites excluding steroid dienone is 1. The van der Waals surface area contributed by atoms with Crippen molar-refractivity contribution in [2.45, 2.75) is 127 Å². The van der Waals surface area contributed by atoms with E-state index in [1.165, 1.54) is 5.57 Å². The van der Waals surface area contributed by atoms with Gasteiger partial charge in [0.2, 0.25) is 0 Å². The molecule has 2 saturated carbocycles. The summed E-state index contributed by atoms with van der Waals surface area (Å²) in [6.45, 7) is 14.7. The van der Waals surface area contributed by atoms with Crippen molar-refractivity contribution in [3.8, 4) is 0 Å². The molecule has 4 aliphatic rings. The third-order valence-corrected chi connectivity index (χ3v) is 14.8. The zero-order valence-electron chi connectivity index (χ0n) is 24.5. The zero-order chi connectivity index (χ0) is 27.1. The lowest BCUT2D eigenvalue weighted by Crippen LogP contribution is -2.56. The number of rotatable bonds is 12. The van der Waals surface area contributed by atoms with Crippen LogP contribution in [0, 0.1) is 5.41 Å². The van der Waals surface area contributed by atoms with Gasteiger partial charge in [-0.15, -0.1) is 0 Å². The van der Waals surface area contributed by atoms with Gasteiger partial charge < -0.3 is 28.1 Å². The predicted molar refractivity (Wildman–Crippen MR) is 145 cm³/mol. The average molecular weight is 539 g/mol. The summed E-state index contributed by atoms with van der Waals surface area (Å²) < 4.78 is 36.5. The van der Waals surface area contributed by atoms with E-state index in [0.717, 1.165) is 50.5 Å². The molecule has 0 unspecified atom stereocenters. The van der Waals surface area contributed by atoms with Crippen molar-refractivity contribution in [2.24, 2.45) is 5.41 Å². The summed E-state index contributed by atoms with van der Waals surface area (Å²) in [6, 6.07) is 0. The van der Waals surface area contributed by atoms with Gasteiger partial charge in [-0.05, 0) is 75.1 Å². The fourth-order valence-corrected chi connectivity index (χ4v) is 7.85. The number of epoxide rings is 1. The third-order valence-electron chi connectivity index (χ3n) is 10.3. The summed E-state index contributed by atoms with van der Waals surface area (Å²) in [7, 11) is 1.35. The summed E-state index contributed by atoms with van der Waals surface area (Å²) in [4.78, 5) is 13.3. The Morgan fingerprint density at radius 2 is 1.78 bits per heavy atom. The van der Waals surface area contributed by atoms with Gasteiger partial charge in [-0.1, -0.05) is 33.3 Å². The van der Waals surface area contributed by atoms with Crippen LogP contribution in [-0.2, 0) is 32.9 Å². The second-order valence-corrected chi connectivity index (χ2v) is 18.2. The third kappa shape index (κ3) is 5.29. The van der Waals surface area contributed by atoms with Crippen LogP contribution in [0.4, 0.5) is 0 Å². The molecule has 0 aromatic rings. The monoisotopic (exact) mass is 538 g/mol. The summed E-state index contributed by atoms with van der Waals surface area (Å²) >= 11 is 0. The molecule has 0 aromatic carbocycles. The van der Waals surface area contributed by atoms with Crippen molar-refractivity contribution in [1.82, 2.24) is 0 Å². The van der Waals surface area contributed by atoms with Crippen LogP contribution in [0.25, 0.3) is 0 Å². The molecule has 0 N–H and O–H groups in total. The molecule has 4 rings (SSSR count). The van der Waals surface area contributed by atoms with Crippen molar-refractivity contribution in [3.63, 3.8) is 0 Å². The second kappa shape index (κ2) is 10.8. The Morgan fingerprint density at radius 3 is 2.46 bits per heavy atom. The van der Waals surface area contributed by atoms with Crippen LogP contribution in [0.15, 0.2) is 11.1 Å². The maximum absolute atomic E-state index is 13.3. The largest absolute Gasteiger partial charge is 0.414 e. The van der Waals surface area contributed by atoms with E-state index >= 15 is 0 Å². The Bertz CT molecular complexity index is 880. The van der Waals surface area contributed by atoms with Crippen LogP contribution in [-0.4, -0.2) is 71.9 Å². The number of fused-ring (bicyclic) bond motifs is 2. The maximum atomic E-state index is 13.3. The number of ketones is 1. The van der Waals surface area contributed by atoms with Crippen LogP contribution in [0.1, 0.15) is 85.5 Å². The van der Waals surface area contributed by atoms with E-state index in [4.69, 9.17) is 28.1 Å². The molecule has 8 heteroatoms. The van der Waals surface area contributed by atoms with E-state index in [2.05, 4.69) is 40.8 Å². The molecule has 0 amide bonds. The molecule has 0 bridgehead atoms. The minimum atomic E-state index is -1.97. The number of carbonyl (C=O) groups is 1. The number of carbonyl (C=O) groups excluding carboxylic acids is 1. The number of methoxy groups -OCH3 is 2.